The average Bonchev–Trinajstić information content (AvgIpc) is 3.05. The number of carboxylic acids is 1. The molecule has 1 aromatic carbocycles. The van der Waals surface area contributed by atoms with Crippen LogP contribution in [0.4, 0.5) is 4.79 Å². The van der Waals surface area contributed by atoms with E-state index in [2.05, 4.69) is 10.2 Å². The van der Waals surface area contributed by atoms with Gasteiger partial charge in [0.2, 0.25) is 0 Å². The second-order valence-electron chi connectivity index (χ2n) is 7.87. The van der Waals surface area contributed by atoms with Gasteiger partial charge in [-0.2, -0.15) is 0 Å². The zero-order valence-corrected chi connectivity index (χ0v) is 16.6. The van der Waals surface area contributed by atoms with E-state index < -0.39 is 23.7 Å². The van der Waals surface area contributed by atoms with Crippen LogP contribution < -0.4 is 10.1 Å². The molecule has 7 nitrogen and oxygen atoms in total. The summed E-state index contributed by atoms with van der Waals surface area (Å²) in [6.07, 6.45) is 1.83. The number of rotatable bonds is 7. The van der Waals surface area contributed by atoms with Crippen LogP contribution in [-0.2, 0) is 22.5 Å². The first-order valence-electron chi connectivity index (χ1n) is 9.28. The molecule has 150 valence electrons. The molecule has 0 aromatic heterocycles. The Labute approximate surface area is 160 Å². The van der Waals surface area contributed by atoms with Crippen LogP contribution in [0, 0.1) is 0 Å². The smallest absolute Gasteiger partial charge is 0.408 e. The number of hydrogen-bond donors (Lipinski definition) is 2. The minimum absolute atomic E-state index is 0.172. The van der Waals surface area contributed by atoms with E-state index in [1.54, 1.807) is 27.9 Å². The Morgan fingerprint density at radius 3 is 2.48 bits per heavy atom. The molecule has 0 radical (unpaired) electrons. The van der Waals surface area contributed by atoms with Crippen LogP contribution in [0.2, 0.25) is 0 Å². The molecule has 2 rings (SSSR count). The topological polar surface area (TPSA) is 88.1 Å². The van der Waals surface area contributed by atoms with Crippen LogP contribution in [-0.4, -0.2) is 53.9 Å². The Morgan fingerprint density at radius 1 is 1.26 bits per heavy atom. The van der Waals surface area contributed by atoms with Crippen molar-refractivity contribution >= 4 is 12.1 Å². The molecule has 1 atom stereocenters. The number of nitrogens with zero attached hydrogens (tertiary/aromatic N) is 1. The summed E-state index contributed by atoms with van der Waals surface area (Å²) in [5.74, 6) is -0.310. The van der Waals surface area contributed by atoms with Gasteiger partial charge in [-0.05, 0) is 58.3 Å². The highest BCUT2D eigenvalue weighted by Gasteiger charge is 2.25. The fraction of sp³-hybridized carbons (Fsp3) is 0.600. The van der Waals surface area contributed by atoms with Crippen molar-refractivity contribution in [1.82, 2.24) is 10.2 Å². The number of carboxylic acid groups (broad SMARTS) is 1. The van der Waals surface area contributed by atoms with Crippen LogP contribution in [0.15, 0.2) is 18.2 Å². The highest BCUT2D eigenvalue weighted by Crippen LogP contribution is 2.24. The van der Waals surface area contributed by atoms with E-state index in [0.29, 0.717) is 0 Å². The zero-order valence-electron chi connectivity index (χ0n) is 16.6. The van der Waals surface area contributed by atoms with E-state index >= 15 is 0 Å². The lowest BCUT2D eigenvalue weighted by Gasteiger charge is -2.22. The van der Waals surface area contributed by atoms with E-state index in [4.69, 9.17) is 9.47 Å². The van der Waals surface area contributed by atoms with Gasteiger partial charge in [-0.1, -0.05) is 12.1 Å². The molecular formula is C20H30N2O5. The molecule has 0 aliphatic carbocycles. The third kappa shape index (κ3) is 6.75. The van der Waals surface area contributed by atoms with Gasteiger partial charge in [0.1, 0.15) is 17.4 Å². The molecule has 1 fully saturated rings. The molecule has 7 heteroatoms. The molecule has 0 bridgehead atoms. The minimum atomic E-state index is -1.10. The van der Waals surface area contributed by atoms with Crippen molar-refractivity contribution in [3.63, 3.8) is 0 Å². The number of carbonyl (C=O) groups is 2. The SMILES string of the molecule is COc1ccc(CC(NC(=O)OC(C)(C)C)C(=O)O)cc1CN1CCCC1. The third-order valence-electron chi connectivity index (χ3n) is 4.37. The number of carbonyl (C=O) groups excluding carboxylic acids is 1. The Balaban J connectivity index is 2.10. The Hall–Kier alpha value is -2.28. The summed E-state index contributed by atoms with van der Waals surface area (Å²) in [5.41, 5.74) is 1.17. The number of aliphatic carboxylic acids is 1. The quantitative estimate of drug-likeness (QED) is 0.759. The summed E-state index contributed by atoms with van der Waals surface area (Å²) in [6.45, 7) is 8.09. The van der Waals surface area contributed by atoms with Crippen molar-refractivity contribution in [2.75, 3.05) is 20.2 Å². The zero-order chi connectivity index (χ0) is 20.0. The van der Waals surface area contributed by atoms with E-state index in [1.165, 1.54) is 12.8 Å². The van der Waals surface area contributed by atoms with Crippen molar-refractivity contribution in [3.05, 3.63) is 29.3 Å². The molecule has 1 unspecified atom stereocenters. The van der Waals surface area contributed by atoms with Gasteiger partial charge in [0.25, 0.3) is 0 Å². The molecule has 1 aliphatic heterocycles. The number of likely N-dealkylation sites (tertiary alicyclic amines) is 1. The summed E-state index contributed by atoms with van der Waals surface area (Å²) in [7, 11) is 1.63. The first-order valence-corrected chi connectivity index (χ1v) is 9.28. The highest BCUT2D eigenvalue weighted by molar-refractivity contribution is 5.80. The Kier molecular flexibility index (Phi) is 7.07. The van der Waals surface area contributed by atoms with Crippen LogP contribution in [0.25, 0.3) is 0 Å². The molecule has 1 amide bonds. The number of amides is 1. The van der Waals surface area contributed by atoms with Gasteiger partial charge >= 0.3 is 12.1 Å². The predicted octanol–water partition coefficient (Wildman–Crippen LogP) is 2.81. The second-order valence-corrected chi connectivity index (χ2v) is 7.87. The van der Waals surface area contributed by atoms with E-state index in [9.17, 15) is 14.7 Å². The molecule has 27 heavy (non-hydrogen) atoms. The van der Waals surface area contributed by atoms with Gasteiger partial charge in [-0.3, -0.25) is 4.90 Å². The Bertz CT molecular complexity index is 663. The van der Waals surface area contributed by atoms with Gasteiger partial charge < -0.3 is 19.9 Å². The van der Waals surface area contributed by atoms with Gasteiger partial charge in [0.15, 0.2) is 0 Å². The van der Waals surface area contributed by atoms with E-state index in [-0.39, 0.29) is 6.42 Å². The maximum absolute atomic E-state index is 11.9. The van der Waals surface area contributed by atoms with Gasteiger partial charge in [0, 0.05) is 18.5 Å². The summed E-state index contributed by atoms with van der Waals surface area (Å²) in [6, 6.07) is 4.59. The van der Waals surface area contributed by atoms with Crippen LogP contribution in [0.1, 0.15) is 44.7 Å². The van der Waals surface area contributed by atoms with Crippen molar-refractivity contribution in [3.8, 4) is 5.75 Å². The first kappa shape index (κ1) is 21.0. The van der Waals surface area contributed by atoms with E-state index in [0.717, 1.165) is 36.5 Å². The normalized spacial score (nSPS) is 16.0. The minimum Gasteiger partial charge on any atom is -0.496 e. The molecule has 0 saturated carbocycles. The maximum Gasteiger partial charge on any atom is 0.408 e. The number of methoxy groups -OCH3 is 1. The summed E-state index contributed by atoms with van der Waals surface area (Å²) < 4.78 is 10.6. The summed E-state index contributed by atoms with van der Waals surface area (Å²) in [4.78, 5) is 25.9. The standard InChI is InChI=1S/C20H30N2O5/c1-20(2,3)27-19(25)21-16(18(23)24)12-14-7-8-17(26-4)15(11-14)13-22-9-5-6-10-22/h7-8,11,16H,5-6,9-10,12-13H2,1-4H3,(H,21,25)(H,23,24). The van der Waals surface area contributed by atoms with E-state index in [1.807, 2.05) is 18.2 Å². The summed E-state index contributed by atoms with van der Waals surface area (Å²) in [5, 5.41) is 11.9. The lowest BCUT2D eigenvalue weighted by atomic mass is 10.0. The number of benzene rings is 1. The molecule has 2 N–H and O–H groups in total. The lowest BCUT2D eigenvalue weighted by Crippen LogP contribution is -2.44. The number of ether oxygens (including phenoxy) is 2. The molecule has 1 aliphatic rings. The fourth-order valence-corrected chi connectivity index (χ4v) is 3.15. The van der Waals surface area contributed by atoms with Gasteiger partial charge in [0.05, 0.1) is 7.11 Å². The monoisotopic (exact) mass is 378 g/mol. The van der Waals surface area contributed by atoms with Crippen LogP contribution in [0.5, 0.6) is 5.75 Å². The highest BCUT2D eigenvalue weighted by atomic mass is 16.6. The van der Waals surface area contributed by atoms with Gasteiger partial charge in [-0.15, -0.1) is 0 Å². The summed E-state index contributed by atoms with van der Waals surface area (Å²) >= 11 is 0. The van der Waals surface area contributed by atoms with Crippen molar-refractivity contribution in [2.45, 2.75) is 58.2 Å². The predicted molar refractivity (Wildman–Crippen MR) is 102 cm³/mol. The first-order chi connectivity index (χ1) is 12.7. The fourth-order valence-electron chi connectivity index (χ4n) is 3.15. The maximum atomic E-state index is 11.9. The lowest BCUT2D eigenvalue weighted by molar-refractivity contribution is -0.139. The molecule has 1 aromatic rings. The number of hydrogen-bond acceptors (Lipinski definition) is 5. The number of alkyl carbamates (subject to hydrolysis) is 1. The van der Waals surface area contributed by atoms with Crippen molar-refractivity contribution in [2.24, 2.45) is 0 Å². The van der Waals surface area contributed by atoms with Crippen molar-refractivity contribution < 1.29 is 24.2 Å². The average molecular weight is 378 g/mol. The number of nitrogens with one attached hydrogen (secondary N) is 1. The molecule has 1 heterocycles. The Morgan fingerprint density at radius 2 is 1.93 bits per heavy atom. The second kappa shape index (κ2) is 9.08. The largest absolute Gasteiger partial charge is 0.496 e. The van der Waals surface area contributed by atoms with Crippen LogP contribution in [0.3, 0.4) is 0 Å². The van der Waals surface area contributed by atoms with Gasteiger partial charge in [-0.25, -0.2) is 9.59 Å². The molecule has 0 spiro atoms. The molecule has 1 saturated heterocycles. The molecular weight excluding hydrogens is 348 g/mol. The van der Waals surface area contributed by atoms with Crippen LogP contribution >= 0.6 is 0 Å². The van der Waals surface area contributed by atoms with Crippen molar-refractivity contribution in [1.29, 1.82) is 0 Å². The third-order valence-corrected chi connectivity index (χ3v) is 4.37.